The zero-order valence-electron chi connectivity index (χ0n) is 15.7. The molecular formula is C21H19NO5S2. The van der Waals surface area contributed by atoms with Crippen LogP contribution in [0.3, 0.4) is 0 Å². The molecular weight excluding hydrogens is 410 g/mol. The second-order valence-corrected chi connectivity index (χ2v) is 7.84. The molecule has 0 spiro atoms. The van der Waals surface area contributed by atoms with E-state index in [0.29, 0.717) is 27.3 Å². The van der Waals surface area contributed by atoms with Crippen LogP contribution in [0.5, 0.6) is 11.5 Å². The van der Waals surface area contributed by atoms with Gasteiger partial charge in [-0.25, -0.2) is 0 Å². The zero-order chi connectivity index (χ0) is 20.8. The largest absolute Gasteiger partial charge is 0.493 e. The molecule has 0 bridgehead atoms. The van der Waals surface area contributed by atoms with E-state index in [1.54, 1.807) is 25.3 Å². The van der Waals surface area contributed by atoms with Gasteiger partial charge >= 0.3 is 5.97 Å². The number of hydrogen-bond donors (Lipinski definition) is 1. The van der Waals surface area contributed by atoms with Crippen molar-refractivity contribution >= 4 is 46.3 Å². The molecule has 150 valence electrons. The summed E-state index contributed by atoms with van der Waals surface area (Å²) in [6.45, 7) is 0.478. The number of carboxylic acids is 1. The zero-order valence-corrected chi connectivity index (χ0v) is 17.3. The smallest absolute Gasteiger partial charge is 0.305 e. The van der Waals surface area contributed by atoms with Crippen LogP contribution in [0.1, 0.15) is 17.5 Å². The first-order valence-electron chi connectivity index (χ1n) is 8.80. The lowest BCUT2D eigenvalue weighted by Gasteiger charge is -2.12. The molecule has 0 radical (unpaired) electrons. The Morgan fingerprint density at radius 3 is 2.66 bits per heavy atom. The number of nitrogens with zero attached hydrogens (tertiary/aromatic N) is 1. The van der Waals surface area contributed by atoms with E-state index in [4.69, 9.17) is 26.8 Å². The number of methoxy groups -OCH3 is 1. The van der Waals surface area contributed by atoms with Crippen LogP contribution >= 0.6 is 24.0 Å². The lowest BCUT2D eigenvalue weighted by atomic mass is 10.1. The summed E-state index contributed by atoms with van der Waals surface area (Å²) in [5.41, 5.74) is 1.80. The molecule has 0 aliphatic carbocycles. The summed E-state index contributed by atoms with van der Waals surface area (Å²) < 4.78 is 11.6. The van der Waals surface area contributed by atoms with Crippen molar-refractivity contribution in [3.8, 4) is 11.5 Å². The molecule has 1 fully saturated rings. The van der Waals surface area contributed by atoms with E-state index in [0.717, 1.165) is 22.9 Å². The summed E-state index contributed by atoms with van der Waals surface area (Å²) in [6.07, 6.45) is 1.56. The van der Waals surface area contributed by atoms with Crippen LogP contribution < -0.4 is 9.47 Å². The van der Waals surface area contributed by atoms with Gasteiger partial charge in [-0.2, -0.15) is 0 Å². The van der Waals surface area contributed by atoms with Gasteiger partial charge in [-0.05, 0) is 29.3 Å². The first-order valence-corrected chi connectivity index (χ1v) is 10.0. The van der Waals surface area contributed by atoms with Crippen molar-refractivity contribution in [2.24, 2.45) is 0 Å². The first-order chi connectivity index (χ1) is 14.0. The number of thioether (sulfide) groups is 1. The maximum absolute atomic E-state index is 12.5. The summed E-state index contributed by atoms with van der Waals surface area (Å²) in [7, 11) is 1.56. The number of carboxylic acid groups (broad SMARTS) is 1. The van der Waals surface area contributed by atoms with Gasteiger partial charge in [0.25, 0.3) is 5.91 Å². The van der Waals surface area contributed by atoms with E-state index in [1.165, 1.54) is 4.90 Å². The molecule has 0 atom stereocenters. The minimum Gasteiger partial charge on any atom is -0.493 e. The number of amides is 1. The number of carbonyl (C=O) groups excluding carboxylic acids is 1. The van der Waals surface area contributed by atoms with Crippen molar-refractivity contribution in [3.05, 3.63) is 64.6 Å². The monoisotopic (exact) mass is 429 g/mol. The average Bonchev–Trinajstić information content (AvgIpc) is 2.98. The van der Waals surface area contributed by atoms with Gasteiger partial charge in [-0.1, -0.05) is 60.4 Å². The van der Waals surface area contributed by atoms with Gasteiger partial charge in [0.2, 0.25) is 0 Å². The Kier molecular flexibility index (Phi) is 6.90. The van der Waals surface area contributed by atoms with Crippen LogP contribution in [0.25, 0.3) is 6.08 Å². The fraction of sp³-hybridized carbons (Fsp3) is 0.190. The molecule has 0 unspecified atom stereocenters. The highest BCUT2D eigenvalue weighted by Crippen LogP contribution is 2.35. The standard InChI is InChI=1S/C21H19NO5S2/c1-26-17-11-15(7-8-16(17)27-13-14-5-3-2-4-6-14)12-18-20(25)22(21(28)29-18)10-9-19(23)24/h2-8,11-12H,9-10,13H2,1H3,(H,23,24)/b18-12+. The Morgan fingerprint density at radius 2 is 1.97 bits per heavy atom. The number of carbonyl (C=O) groups is 2. The van der Waals surface area contributed by atoms with Crippen LogP contribution in [0.4, 0.5) is 0 Å². The average molecular weight is 430 g/mol. The molecule has 29 heavy (non-hydrogen) atoms. The predicted octanol–water partition coefficient (Wildman–Crippen LogP) is 3.95. The van der Waals surface area contributed by atoms with Gasteiger partial charge in [0.15, 0.2) is 11.5 Å². The number of rotatable bonds is 8. The third-order valence-corrected chi connectivity index (χ3v) is 5.52. The normalized spacial score (nSPS) is 15.1. The van der Waals surface area contributed by atoms with Crippen molar-refractivity contribution in [3.63, 3.8) is 0 Å². The maximum atomic E-state index is 12.5. The van der Waals surface area contributed by atoms with E-state index >= 15 is 0 Å². The van der Waals surface area contributed by atoms with Gasteiger partial charge in [0.1, 0.15) is 10.9 Å². The van der Waals surface area contributed by atoms with Gasteiger partial charge < -0.3 is 14.6 Å². The molecule has 1 aliphatic heterocycles. The highest BCUT2D eigenvalue weighted by molar-refractivity contribution is 8.26. The molecule has 3 rings (SSSR count). The van der Waals surface area contributed by atoms with E-state index in [-0.39, 0.29) is 18.9 Å². The minimum absolute atomic E-state index is 0.0624. The van der Waals surface area contributed by atoms with Crippen molar-refractivity contribution in [2.75, 3.05) is 13.7 Å². The van der Waals surface area contributed by atoms with E-state index in [1.807, 2.05) is 36.4 Å². The number of ether oxygens (including phenoxy) is 2. The van der Waals surface area contributed by atoms with Crippen LogP contribution in [0, 0.1) is 0 Å². The molecule has 1 saturated heterocycles. The molecule has 1 aliphatic rings. The lowest BCUT2D eigenvalue weighted by Crippen LogP contribution is -2.30. The van der Waals surface area contributed by atoms with E-state index in [2.05, 4.69) is 0 Å². The molecule has 6 nitrogen and oxygen atoms in total. The Morgan fingerprint density at radius 1 is 1.21 bits per heavy atom. The second kappa shape index (κ2) is 9.58. The van der Waals surface area contributed by atoms with Gasteiger partial charge in [-0.15, -0.1) is 0 Å². The molecule has 0 saturated carbocycles. The van der Waals surface area contributed by atoms with Gasteiger partial charge in [-0.3, -0.25) is 14.5 Å². The molecule has 1 N–H and O–H groups in total. The topological polar surface area (TPSA) is 76.1 Å². The lowest BCUT2D eigenvalue weighted by molar-refractivity contribution is -0.137. The molecule has 0 aromatic heterocycles. The SMILES string of the molecule is COc1cc(/C=C2/SC(=S)N(CCC(=O)O)C2=O)ccc1OCc1ccccc1. The Balaban J connectivity index is 1.73. The predicted molar refractivity (Wildman–Crippen MR) is 116 cm³/mol. The van der Waals surface area contributed by atoms with Gasteiger partial charge in [0, 0.05) is 6.54 Å². The molecule has 2 aromatic rings. The van der Waals surface area contributed by atoms with Crippen LogP contribution in [-0.2, 0) is 16.2 Å². The number of thiocarbonyl (C=S) groups is 1. The maximum Gasteiger partial charge on any atom is 0.305 e. The highest BCUT2D eigenvalue weighted by Gasteiger charge is 2.32. The first kappa shape index (κ1) is 20.9. The summed E-state index contributed by atoms with van der Waals surface area (Å²) in [6, 6.07) is 15.2. The van der Waals surface area contributed by atoms with Crippen LogP contribution in [-0.4, -0.2) is 39.9 Å². The van der Waals surface area contributed by atoms with Crippen LogP contribution in [0.2, 0.25) is 0 Å². The highest BCUT2D eigenvalue weighted by atomic mass is 32.2. The van der Waals surface area contributed by atoms with Crippen LogP contribution in [0.15, 0.2) is 53.4 Å². The van der Waals surface area contributed by atoms with Crippen molar-refractivity contribution < 1.29 is 24.2 Å². The number of aliphatic carboxylic acids is 1. The second-order valence-electron chi connectivity index (χ2n) is 6.16. The molecule has 2 aromatic carbocycles. The molecule has 8 heteroatoms. The minimum atomic E-state index is -0.973. The summed E-state index contributed by atoms with van der Waals surface area (Å²) in [4.78, 5) is 25.0. The number of hydrogen-bond acceptors (Lipinski definition) is 6. The summed E-state index contributed by atoms with van der Waals surface area (Å²) >= 11 is 6.36. The number of benzene rings is 2. The fourth-order valence-electron chi connectivity index (χ4n) is 2.68. The Labute approximate surface area is 178 Å². The van der Waals surface area contributed by atoms with Gasteiger partial charge in [0.05, 0.1) is 18.4 Å². The van der Waals surface area contributed by atoms with Crippen molar-refractivity contribution in [1.82, 2.24) is 4.90 Å². The molecule has 1 heterocycles. The summed E-state index contributed by atoms with van der Waals surface area (Å²) in [5, 5.41) is 8.82. The molecule has 1 amide bonds. The van der Waals surface area contributed by atoms with Crippen molar-refractivity contribution in [1.29, 1.82) is 0 Å². The fourth-order valence-corrected chi connectivity index (χ4v) is 3.99. The van der Waals surface area contributed by atoms with E-state index < -0.39 is 5.97 Å². The summed E-state index contributed by atoms with van der Waals surface area (Å²) in [5.74, 6) is -0.109. The third kappa shape index (κ3) is 5.36. The quantitative estimate of drug-likeness (QED) is 0.503. The third-order valence-electron chi connectivity index (χ3n) is 4.15. The Hall–Kier alpha value is -2.84. The van der Waals surface area contributed by atoms with Crippen molar-refractivity contribution in [2.45, 2.75) is 13.0 Å². The van der Waals surface area contributed by atoms with E-state index in [9.17, 15) is 9.59 Å². The Bertz CT molecular complexity index is 959.